The summed E-state index contributed by atoms with van der Waals surface area (Å²) in [7, 11) is 0. The van der Waals surface area contributed by atoms with Crippen molar-refractivity contribution in [1.82, 2.24) is 5.32 Å². The topological polar surface area (TPSA) is 29.1 Å². The van der Waals surface area contributed by atoms with E-state index < -0.39 is 0 Å². The van der Waals surface area contributed by atoms with Gasteiger partial charge in [-0.3, -0.25) is 4.79 Å². The molecule has 2 unspecified atom stereocenters. The zero-order chi connectivity index (χ0) is 8.55. The van der Waals surface area contributed by atoms with Gasteiger partial charge in [0.15, 0.2) is 0 Å². The molecule has 1 N–H and O–H groups in total. The average molecular weight is 161 g/mol. The second-order valence-corrected chi connectivity index (χ2v) is 3.24. The Bertz CT molecular complexity index is 299. The molecule has 0 aromatic rings. The van der Waals surface area contributed by atoms with Crippen molar-refractivity contribution in [2.24, 2.45) is 5.92 Å². The van der Waals surface area contributed by atoms with Crippen LogP contribution in [0.2, 0.25) is 0 Å². The van der Waals surface area contributed by atoms with E-state index in [0.29, 0.717) is 5.92 Å². The Balaban J connectivity index is 2.27. The summed E-state index contributed by atoms with van der Waals surface area (Å²) in [6, 6.07) is 0.174. The first-order chi connectivity index (χ1) is 5.75. The smallest absolute Gasteiger partial charge is 0.244 e. The van der Waals surface area contributed by atoms with Crippen LogP contribution in [0.4, 0.5) is 0 Å². The molecule has 12 heavy (non-hydrogen) atoms. The fraction of sp³-hybridized carbons (Fsp3) is 0.300. The predicted octanol–water partition coefficient (Wildman–Crippen LogP) is 1.17. The Kier molecular flexibility index (Phi) is 1.61. The lowest BCUT2D eigenvalue weighted by atomic mass is 9.90. The molecule has 62 valence electrons. The summed E-state index contributed by atoms with van der Waals surface area (Å²) in [5.41, 5.74) is 1.21. The number of rotatable bonds is 0. The molecule has 2 rings (SSSR count). The highest BCUT2D eigenvalue weighted by atomic mass is 16.1. The summed E-state index contributed by atoms with van der Waals surface area (Å²) in [5.74, 6) is 0.363. The first kappa shape index (κ1) is 7.35. The SMILES string of the molecule is CC1=CC2NC(=O)C=CC2C=C1. The second kappa shape index (κ2) is 2.63. The Hall–Kier alpha value is -1.31. The van der Waals surface area contributed by atoms with Crippen molar-refractivity contribution in [2.45, 2.75) is 13.0 Å². The van der Waals surface area contributed by atoms with E-state index in [1.165, 1.54) is 5.57 Å². The third kappa shape index (κ3) is 1.20. The fourth-order valence-electron chi connectivity index (χ4n) is 1.57. The number of hydrogen-bond acceptors (Lipinski definition) is 1. The lowest BCUT2D eigenvalue weighted by Gasteiger charge is -2.26. The number of hydrogen-bond donors (Lipinski definition) is 1. The van der Waals surface area contributed by atoms with Gasteiger partial charge in [0.1, 0.15) is 0 Å². The van der Waals surface area contributed by atoms with E-state index in [1.807, 2.05) is 13.0 Å². The highest BCUT2D eigenvalue weighted by molar-refractivity contribution is 5.89. The van der Waals surface area contributed by atoms with Crippen LogP contribution >= 0.6 is 0 Å². The fourth-order valence-corrected chi connectivity index (χ4v) is 1.57. The van der Waals surface area contributed by atoms with E-state index in [-0.39, 0.29) is 11.9 Å². The van der Waals surface area contributed by atoms with Crippen LogP contribution in [0.15, 0.2) is 36.0 Å². The molecule has 0 aromatic heterocycles. The minimum atomic E-state index is 0.00981. The molecule has 1 amide bonds. The minimum absolute atomic E-state index is 0.00981. The van der Waals surface area contributed by atoms with Gasteiger partial charge in [-0.05, 0) is 13.0 Å². The van der Waals surface area contributed by atoms with E-state index >= 15 is 0 Å². The largest absolute Gasteiger partial charge is 0.345 e. The standard InChI is InChI=1S/C10H11NO/c1-7-2-3-8-4-5-10(12)11-9(8)6-7/h2-6,8-9H,1H3,(H,11,12). The van der Waals surface area contributed by atoms with Crippen LogP contribution in [0.5, 0.6) is 0 Å². The summed E-state index contributed by atoms with van der Waals surface area (Å²) in [6.07, 6.45) is 9.84. The van der Waals surface area contributed by atoms with Crippen molar-refractivity contribution in [3.8, 4) is 0 Å². The van der Waals surface area contributed by atoms with Crippen LogP contribution in [-0.2, 0) is 4.79 Å². The Morgan fingerprint density at radius 1 is 1.33 bits per heavy atom. The number of fused-ring (bicyclic) bond motifs is 1. The molecule has 1 aliphatic carbocycles. The maximum atomic E-state index is 11.0. The van der Waals surface area contributed by atoms with Crippen LogP contribution in [0, 0.1) is 5.92 Å². The molecule has 0 radical (unpaired) electrons. The maximum absolute atomic E-state index is 11.0. The van der Waals surface area contributed by atoms with Crippen LogP contribution < -0.4 is 5.32 Å². The van der Waals surface area contributed by atoms with Gasteiger partial charge in [-0.2, -0.15) is 0 Å². The number of allylic oxidation sites excluding steroid dienone is 2. The van der Waals surface area contributed by atoms with Gasteiger partial charge in [-0.15, -0.1) is 0 Å². The minimum Gasteiger partial charge on any atom is -0.345 e. The molecule has 2 atom stereocenters. The zero-order valence-corrected chi connectivity index (χ0v) is 6.95. The third-order valence-corrected chi connectivity index (χ3v) is 2.22. The van der Waals surface area contributed by atoms with E-state index in [9.17, 15) is 4.79 Å². The molecule has 0 fully saturated rings. The van der Waals surface area contributed by atoms with Crippen LogP contribution in [0.3, 0.4) is 0 Å². The van der Waals surface area contributed by atoms with Gasteiger partial charge < -0.3 is 5.32 Å². The lowest BCUT2D eigenvalue weighted by molar-refractivity contribution is -0.117. The molecule has 2 aliphatic rings. The monoisotopic (exact) mass is 161 g/mol. The average Bonchev–Trinajstić information content (AvgIpc) is 2.03. The van der Waals surface area contributed by atoms with Crippen molar-refractivity contribution < 1.29 is 4.79 Å². The number of carbonyl (C=O) groups excluding carboxylic acids is 1. The summed E-state index contributed by atoms with van der Waals surface area (Å²) in [5, 5.41) is 2.90. The maximum Gasteiger partial charge on any atom is 0.244 e. The van der Waals surface area contributed by atoms with Crippen molar-refractivity contribution >= 4 is 5.91 Å². The summed E-state index contributed by atoms with van der Waals surface area (Å²) in [4.78, 5) is 11.0. The Morgan fingerprint density at radius 2 is 2.08 bits per heavy atom. The molecule has 1 aliphatic heterocycles. The Labute approximate surface area is 71.7 Å². The summed E-state index contributed by atoms with van der Waals surface area (Å²) >= 11 is 0. The summed E-state index contributed by atoms with van der Waals surface area (Å²) < 4.78 is 0. The van der Waals surface area contributed by atoms with Gasteiger partial charge in [0.05, 0.1) is 6.04 Å². The molecule has 0 saturated carbocycles. The molecule has 2 heteroatoms. The van der Waals surface area contributed by atoms with Gasteiger partial charge in [0.2, 0.25) is 5.91 Å². The highest BCUT2D eigenvalue weighted by Crippen LogP contribution is 2.20. The number of carbonyl (C=O) groups is 1. The van der Waals surface area contributed by atoms with Crippen LogP contribution in [0.25, 0.3) is 0 Å². The highest BCUT2D eigenvalue weighted by Gasteiger charge is 2.22. The lowest BCUT2D eigenvalue weighted by Crippen LogP contribution is -2.41. The normalized spacial score (nSPS) is 32.4. The summed E-state index contributed by atoms with van der Waals surface area (Å²) in [6.45, 7) is 2.04. The van der Waals surface area contributed by atoms with Crippen LogP contribution in [0.1, 0.15) is 6.92 Å². The van der Waals surface area contributed by atoms with Crippen molar-refractivity contribution in [3.63, 3.8) is 0 Å². The van der Waals surface area contributed by atoms with E-state index in [2.05, 4.69) is 23.5 Å². The molecule has 1 heterocycles. The van der Waals surface area contributed by atoms with Crippen molar-refractivity contribution in [2.75, 3.05) is 0 Å². The van der Waals surface area contributed by atoms with Gasteiger partial charge in [0.25, 0.3) is 0 Å². The molecular weight excluding hydrogens is 150 g/mol. The Morgan fingerprint density at radius 3 is 2.92 bits per heavy atom. The molecule has 2 nitrogen and oxygen atoms in total. The number of amides is 1. The van der Waals surface area contributed by atoms with E-state index in [1.54, 1.807) is 6.08 Å². The quantitative estimate of drug-likeness (QED) is 0.567. The zero-order valence-electron chi connectivity index (χ0n) is 6.95. The van der Waals surface area contributed by atoms with E-state index in [0.717, 1.165) is 0 Å². The van der Waals surface area contributed by atoms with Gasteiger partial charge in [-0.25, -0.2) is 0 Å². The molecule has 0 saturated heterocycles. The second-order valence-electron chi connectivity index (χ2n) is 3.24. The third-order valence-electron chi connectivity index (χ3n) is 2.22. The first-order valence-electron chi connectivity index (χ1n) is 4.11. The first-order valence-corrected chi connectivity index (χ1v) is 4.11. The van der Waals surface area contributed by atoms with Gasteiger partial charge in [-0.1, -0.05) is 29.9 Å². The molecular formula is C10H11NO. The predicted molar refractivity (Wildman–Crippen MR) is 47.5 cm³/mol. The van der Waals surface area contributed by atoms with E-state index in [4.69, 9.17) is 0 Å². The van der Waals surface area contributed by atoms with Gasteiger partial charge in [0, 0.05) is 5.92 Å². The number of nitrogens with one attached hydrogen (secondary N) is 1. The van der Waals surface area contributed by atoms with Crippen molar-refractivity contribution in [3.05, 3.63) is 36.0 Å². The molecule has 0 aromatic carbocycles. The van der Waals surface area contributed by atoms with Crippen molar-refractivity contribution in [1.29, 1.82) is 0 Å². The van der Waals surface area contributed by atoms with Gasteiger partial charge >= 0.3 is 0 Å². The molecule has 0 bridgehead atoms. The van der Waals surface area contributed by atoms with Crippen LogP contribution in [-0.4, -0.2) is 11.9 Å². The molecule has 0 spiro atoms.